The van der Waals surface area contributed by atoms with Crippen LogP contribution in [-0.2, 0) is 0 Å². The molecule has 6 nitrogen and oxygen atoms in total. The predicted octanol–water partition coefficient (Wildman–Crippen LogP) is 1.60. The van der Waals surface area contributed by atoms with Crippen LogP contribution in [-0.4, -0.2) is 15.1 Å². The second kappa shape index (κ2) is 4.35. The molecule has 1 aromatic rings. The standard InChI is InChI=1S/C7H3ClF2N2O4/c8-5(13)4-3(12(15)16)1-2(6(9)10)11-7(4)14/h1,6H,(H,11,14). The second-order valence-electron chi connectivity index (χ2n) is 2.65. The van der Waals surface area contributed by atoms with Gasteiger partial charge in [0, 0.05) is 6.07 Å². The number of carbonyl (C=O) groups excluding carboxylic acids is 1. The molecule has 16 heavy (non-hydrogen) atoms. The zero-order chi connectivity index (χ0) is 12.5. The van der Waals surface area contributed by atoms with E-state index in [-0.39, 0.29) is 0 Å². The Labute approximate surface area is 91.0 Å². The zero-order valence-electron chi connectivity index (χ0n) is 7.37. The number of alkyl halides is 2. The quantitative estimate of drug-likeness (QED) is 0.502. The summed E-state index contributed by atoms with van der Waals surface area (Å²) in [5.41, 5.74) is -4.27. The van der Waals surface area contributed by atoms with Crippen molar-refractivity contribution in [3.05, 3.63) is 37.8 Å². The molecule has 0 aliphatic rings. The molecule has 0 aliphatic carbocycles. The number of aromatic amines is 1. The van der Waals surface area contributed by atoms with Crippen molar-refractivity contribution in [3.8, 4) is 0 Å². The minimum absolute atomic E-state index is 0.404. The van der Waals surface area contributed by atoms with Crippen LogP contribution in [0.15, 0.2) is 10.9 Å². The number of nitro groups is 1. The average Bonchev–Trinajstić information content (AvgIpc) is 2.15. The van der Waals surface area contributed by atoms with Crippen molar-refractivity contribution in [2.45, 2.75) is 6.43 Å². The third kappa shape index (κ3) is 2.22. The van der Waals surface area contributed by atoms with Crippen molar-refractivity contribution in [2.75, 3.05) is 0 Å². The van der Waals surface area contributed by atoms with Crippen molar-refractivity contribution in [1.29, 1.82) is 0 Å². The highest BCUT2D eigenvalue weighted by Gasteiger charge is 2.26. The van der Waals surface area contributed by atoms with Crippen LogP contribution in [0.4, 0.5) is 14.5 Å². The number of nitrogens with zero attached hydrogens (tertiary/aromatic N) is 1. The highest BCUT2D eigenvalue weighted by molar-refractivity contribution is 6.68. The summed E-state index contributed by atoms with van der Waals surface area (Å²) in [4.78, 5) is 32.8. The van der Waals surface area contributed by atoms with E-state index < -0.39 is 39.1 Å². The van der Waals surface area contributed by atoms with Gasteiger partial charge >= 0.3 is 0 Å². The Balaban J connectivity index is 3.59. The van der Waals surface area contributed by atoms with E-state index in [1.165, 1.54) is 0 Å². The first-order valence-electron chi connectivity index (χ1n) is 3.74. The molecule has 1 aromatic heterocycles. The van der Waals surface area contributed by atoms with Crippen LogP contribution < -0.4 is 5.56 Å². The van der Waals surface area contributed by atoms with Crippen LogP contribution >= 0.6 is 11.6 Å². The van der Waals surface area contributed by atoms with Gasteiger partial charge in [-0.2, -0.15) is 0 Å². The largest absolute Gasteiger partial charge is 0.320 e. The van der Waals surface area contributed by atoms with Gasteiger partial charge < -0.3 is 4.98 Å². The lowest BCUT2D eigenvalue weighted by Crippen LogP contribution is -2.19. The maximum absolute atomic E-state index is 12.2. The fourth-order valence-corrected chi connectivity index (χ4v) is 1.20. The summed E-state index contributed by atoms with van der Waals surface area (Å²) in [5, 5.41) is 9.07. The van der Waals surface area contributed by atoms with Gasteiger partial charge in [-0.15, -0.1) is 0 Å². The molecular weight excluding hydrogens is 250 g/mol. The molecule has 0 aliphatic heterocycles. The Bertz CT molecular complexity index is 514. The zero-order valence-corrected chi connectivity index (χ0v) is 8.12. The molecule has 9 heteroatoms. The fourth-order valence-electron chi connectivity index (χ4n) is 1.02. The predicted molar refractivity (Wildman–Crippen MR) is 48.9 cm³/mol. The number of H-pyrrole nitrogens is 1. The molecule has 0 saturated heterocycles. The molecule has 1 rings (SSSR count). The number of pyridine rings is 1. The number of nitrogens with one attached hydrogen (secondary N) is 1. The van der Waals surface area contributed by atoms with E-state index in [1.54, 1.807) is 4.98 Å². The number of hydrogen-bond acceptors (Lipinski definition) is 4. The van der Waals surface area contributed by atoms with Crippen LogP contribution in [0.2, 0.25) is 0 Å². The second-order valence-corrected chi connectivity index (χ2v) is 2.99. The summed E-state index contributed by atoms with van der Waals surface area (Å²) in [7, 11) is 0. The lowest BCUT2D eigenvalue weighted by molar-refractivity contribution is -0.385. The number of aromatic nitrogens is 1. The third-order valence-corrected chi connectivity index (χ3v) is 1.85. The van der Waals surface area contributed by atoms with Gasteiger partial charge in [0.15, 0.2) is 5.56 Å². The van der Waals surface area contributed by atoms with Crippen LogP contribution in [0.1, 0.15) is 22.5 Å². The topological polar surface area (TPSA) is 93.1 Å². The molecule has 0 bridgehead atoms. The van der Waals surface area contributed by atoms with Gasteiger partial charge in [0.1, 0.15) is 0 Å². The molecule has 0 atom stereocenters. The normalized spacial score (nSPS) is 10.5. The SMILES string of the molecule is O=C(Cl)c1c([N+](=O)[O-])cc(C(F)F)[nH]c1=O. The summed E-state index contributed by atoms with van der Waals surface area (Å²) in [5.74, 6) is 0. The molecule has 0 spiro atoms. The number of halogens is 3. The highest BCUT2D eigenvalue weighted by Crippen LogP contribution is 2.22. The van der Waals surface area contributed by atoms with Crippen molar-refractivity contribution in [3.63, 3.8) is 0 Å². The van der Waals surface area contributed by atoms with Crippen molar-refractivity contribution < 1.29 is 18.5 Å². The van der Waals surface area contributed by atoms with E-state index in [0.29, 0.717) is 6.07 Å². The van der Waals surface area contributed by atoms with E-state index in [2.05, 4.69) is 0 Å². The smallest absolute Gasteiger partial charge is 0.289 e. The Hall–Kier alpha value is -1.83. The third-order valence-electron chi connectivity index (χ3n) is 1.66. The molecule has 0 amide bonds. The first-order valence-corrected chi connectivity index (χ1v) is 4.12. The van der Waals surface area contributed by atoms with Gasteiger partial charge in [-0.3, -0.25) is 19.7 Å². The van der Waals surface area contributed by atoms with Crippen LogP contribution in [0.5, 0.6) is 0 Å². The van der Waals surface area contributed by atoms with Crippen LogP contribution in [0, 0.1) is 10.1 Å². The molecule has 86 valence electrons. The number of hydrogen-bond donors (Lipinski definition) is 1. The maximum atomic E-state index is 12.2. The van der Waals surface area contributed by atoms with Crippen molar-refractivity contribution >= 4 is 22.5 Å². The first-order chi connectivity index (χ1) is 7.34. The molecule has 0 radical (unpaired) electrons. The Morgan fingerprint density at radius 3 is 2.50 bits per heavy atom. The molecule has 1 N–H and O–H groups in total. The van der Waals surface area contributed by atoms with Gasteiger partial charge in [0.2, 0.25) is 0 Å². The van der Waals surface area contributed by atoms with Gasteiger partial charge in [-0.05, 0) is 11.6 Å². The number of rotatable bonds is 3. The number of carbonyl (C=O) groups is 1. The molecular formula is C7H3ClF2N2O4. The minimum Gasteiger partial charge on any atom is -0.320 e. The fraction of sp³-hybridized carbons (Fsp3) is 0.143. The summed E-state index contributed by atoms with van der Waals surface area (Å²) in [6, 6.07) is 0.404. The van der Waals surface area contributed by atoms with E-state index in [0.717, 1.165) is 0 Å². The van der Waals surface area contributed by atoms with Crippen molar-refractivity contribution in [2.24, 2.45) is 0 Å². The van der Waals surface area contributed by atoms with E-state index in [4.69, 9.17) is 11.6 Å². The van der Waals surface area contributed by atoms with Gasteiger partial charge in [-0.1, -0.05) is 0 Å². The maximum Gasteiger partial charge on any atom is 0.289 e. The van der Waals surface area contributed by atoms with E-state index in [9.17, 15) is 28.5 Å². The summed E-state index contributed by atoms with van der Waals surface area (Å²) in [6.45, 7) is 0. The minimum atomic E-state index is -3.09. The molecule has 0 fully saturated rings. The van der Waals surface area contributed by atoms with Crippen molar-refractivity contribution in [1.82, 2.24) is 4.98 Å². The molecule has 0 aromatic carbocycles. The lowest BCUT2D eigenvalue weighted by Gasteiger charge is -2.01. The van der Waals surface area contributed by atoms with E-state index >= 15 is 0 Å². The molecule has 0 saturated carbocycles. The highest BCUT2D eigenvalue weighted by atomic mass is 35.5. The van der Waals surface area contributed by atoms with Gasteiger partial charge in [0.05, 0.1) is 10.6 Å². The monoisotopic (exact) mass is 252 g/mol. The van der Waals surface area contributed by atoms with Gasteiger partial charge in [-0.25, -0.2) is 8.78 Å². The summed E-state index contributed by atoms with van der Waals surface area (Å²) in [6.07, 6.45) is -3.09. The Kier molecular flexibility index (Phi) is 3.33. The van der Waals surface area contributed by atoms with Crippen LogP contribution in [0.25, 0.3) is 0 Å². The van der Waals surface area contributed by atoms with Gasteiger partial charge in [0.25, 0.3) is 22.9 Å². The average molecular weight is 253 g/mol. The molecule has 0 unspecified atom stereocenters. The Morgan fingerprint density at radius 2 is 2.12 bits per heavy atom. The molecule has 1 heterocycles. The Morgan fingerprint density at radius 1 is 1.56 bits per heavy atom. The summed E-state index contributed by atoms with van der Waals surface area (Å²) >= 11 is 4.94. The van der Waals surface area contributed by atoms with Crippen LogP contribution in [0.3, 0.4) is 0 Å². The first kappa shape index (κ1) is 12.2. The lowest BCUT2D eigenvalue weighted by atomic mass is 10.2. The van der Waals surface area contributed by atoms with E-state index in [1.807, 2.05) is 0 Å². The summed E-state index contributed by atoms with van der Waals surface area (Å²) < 4.78 is 24.4.